The molecule has 1 atom stereocenters. The summed E-state index contributed by atoms with van der Waals surface area (Å²) in [6.07, 6.45) is 9.03. The average molecular weight is 225 g/mol. The molecule has 0 aliphatic carbocycles. The molecule has 16 heavy (non-hydrogen) atoms. The molecule has 0 spiro atoms. The Hall–Kier alpha value is -0.870. The zero-order valence-electron chi connectivity index (χ0n) is 10.1. The highest BCUT2D eigenvalue weighted by atomic mass is 16.3. The van der Waals surface area contributed by atoms with Crippen molar-refractivity contribution >= 4 is 0 Å². The summed E-state index contributed by atoms with van der Waals surface area (Å²) < 4.78 is 2.09. The second-order valence-corrected chi connectivity index (χ2v) is 4.33. The van der Waals surface area contributed by atoms with Crippen LogP contribution in [0.25, 0.3) is 0 Å². The molecule has 0 fully saturated rings. The number of aliphatic hydroxyl groups excluding tert-OH is 1. The molecule has 0 bridgehead atoms. The molecule has 4 nitrogen and oxygen atoms in total. The van der Waals surface area contributed by atoms with Gasteiger partial charge in [0.2, 0.25) is 0 Å². The molecule has 0 radical (unpaired) electrons. The lowest BCUT2D eigenvalue weighted by molar-refractivity contribution is 0.228. The Balaban J connectivity index is 1.85. The van der Waals surface area contributed by atoms with Crippen LogP contribution in [0, 0.1) is 5.92 Å². The van der Waals surface area contributed by atoms with Gasteiger partial charge in [0, 0.05) is 25.5 Å². The Labute approximate surface area is 97.7 Å². The first-order chi connectivity index (χ1) is 7.83. The van der Waals surface area contributed by atoms with E-state index < -0.39 is 0 Å². The topological polar surface area (TPSA) is 50.1 Å². The van der Waals surface area contributed by atoms with E-state index in [1.165, 1.54) is 0 Å². The van der Waals surface area contributed by atoms with Crippen LogP contribution >= 0.6 is 0 Å². The van der Waals surface area contributed by atoms with E-state index in [-0.39, 0.29) is 0 Å². The van der Waals surface area contributed by atoms with E-state index in [2.05, 4.69) is 21.8 Å². The van der Waals surface area contributed by atoms with Crippen LogP contribution in [0.4, 0.5) is 0 Å². The average Bonchev–Trinajstić information content (AvgIpc) is 2.80. The van der Waals surface area contributed by atoms with E-state index in [9.17, 15) is 0 Å². The number of hydrogen-bond donors (Lipinski definition) is 2. The van der Waals surface area contributed by atoms with Gasteiger partial charge in [-0.25, -0.2) is 4.98 Å². The molecular weight excluding hydrogens is 202 g/mol. The van der Waals surface area contributed by atoms with Gasteiger partial charge >= 0.3 is 0 Å². The van der Waals surface area contributed by atoms with Crippen molar-refractivity contribution in [3.8, 4) is 0 Å². The van der Waals surface area contributed by atoms with Crippen LogP contribution in [0.3, 0.4) is 0 Å². The van der Waals surface area contributed by atoms with Crippen molar-refractivity contribution in [3.05, 3.63) is 18.7 Å². The summed E-state index contributed by atoms with van der Waals surface area (Å²) in [5.74, 6) is 0.438. The van der Waals surface area contributed by atoms with Crippen LogP contribution in [0.2, 0.25) is 0 Å². The fourth-order valence-corrected chi connectivity index (χ4v) is 1.60. The second-order valence-electron chi connectivity index (χ2n) is 4.33. The number of aryl methyl sites for hydroxylation is 1. The third-order valence-corrected chi connectivity index (χ3v) is 2.69. The summed E-state index contributed by atoms with van der Waals surface area (Å²) in [7, 11) is 0. The maximum absolute atomic E-state index is 8.85. The van der Waals surface area contributed by atoms with Gasteiger partial charge < -0.3 is 15.0 Å². The van der Waals surface area contributed by atoms with Gasteiger partial charge in [0.05, 0.1) is 6.33 Å². The third-order valence-electron chi connectivity index (χ3n) is 2.69. The maximum atomic E-state index is 8.85. The Bertz CT molecular complexity index is 249. The summed E-state index contributed by atoms with van der Waals surface area (Å²) >= 11 is 0. The zero-order valence-corrected chi connectivity index (χ0v) is 10.1. The van der Waals surface area contributed by atoms with Gasteiger partial charge in [-0.3, -0.25) is 0 Å². The normalized spacial score (nSPS) is 12.9. The fourth-order valence-electron chi connectivity index (χ4n) is 1.60. The molecule has 0 aliphatic heterocycles. The van der Waals surface area contributed by atoms with Gasteiger partial charge in [-0.1, -0.05) is 6.92 Å². The molecule has 0 saturated heterocycles. The molecule has 0 aliphatic rings. The number of hydrogen-bond acceptors (Lipinski definition) is 3. The van der Waals surface area contributed by atoms with Crippen LogP contribution in [0.1, 0.15) is 26.2 Å². The summed E-state index contributed by atoms with van der Waals surface area (Å²) in [6.45, 7) is 5.51. The van der Waals surface area contributed by atoms with Crippen molar-refractivity contribution < 1.29 is 5.11 Å². The largest absolute Gasteiger partial charge is 0.396 e. The van der Waals surface area contributed by atoms with E-state index in [1.807, 2.05) is 18.7 Å². The Morgan fingerprint density at radius 1 is 1.38 bits per heavy atom. The molecule has 0 saturated carbocycles. The lowest BCUT2D eigenvalue weighted by atomic mass is 10.1. The predicted molar refractivity (Wildman–Crippen MR) is 65.2 cm³/mol. The molecule has 92 valence electrons. The van der Waals surface area contributed by atoms with Crippen LogP contribution in [0.5, 0.6) is 0 Å². The van der Waals surface area contributed by atoms with Crippen molar-refractivity contribution in [2.24, 2.45) is 5.92 Å². The van der Waals surface area contributed by atoms with Gasteiger partial charge in [-0.15, -0.1) is 0 Å². The minimum absolute atomic E-state index is 0.306. The molecule has 4 heteroatoms. The maximum Gasteiger partial charge on any atom is 0.0945 e. The van der Waals surface area contributed by atoms with Crippen molar-refractivity contribution in [2.45, 2.75) is 32.7 Å². The Morgan fingerprint density at radius 3 is 2.88 bits per heavy atom. The third kappa shape index (κ3) is 5.88. The fraction of sp³-hybridized carbons (Fsp3) is 0.750. The van der Waals surface area contributed by atoms with E-state index >= 15 is 0 Å². The lowest BCUT2D eigenvalue weighted by Crippen LogP contribution is -2.19. The van der Waals surface area contributed by atoms with Crippen LogP contribution in [-0.4, -0.2) is 34.4 Å². The van der Waals surface area contributed by atoms with Crippen LogP contribution in [0.15, 0.2) is 18.7 Å². The first-order valence-corrected chi connectivity index (χ1v) is 6.10. The summed E-state index contributed by atoms with van der Waals surface area (Å²) in [5, 5.41) is 12.3. The monoisotopic (exact) mass is 225 g/mol. The quantitative estimate of drug-likeness (QED) is 0.622. The second kappa shape index (κ2) is 8.30. The molecule has 1 unspecified atom stereocenters. The van der Waals surface area contributed by atoms with E-state index in [4.69, 9.17) is 5.11 Å². The summed E-state index contributed by atoms with van der Waals surface area (Å²) in [6, 6.07) is 0. The molecule has 1 rings (SSSR count). The number of aromatic nitrogens is 2. The van der Waals surface area contributed by atoms with Crippen molar-refractivity contribution in [1.82, 2.24) is 14.9 Å². The van der Waals surface area contributed by atoms with Gasteiger partial charge in [-0.2, -0.15) is 0 Å². The summed E-state index contributed by atoms with van der Waals surface area (Å²) in [4.78, 5) is 4.00. The van der Waals surface area contributed by atoms with E-state index in [1.54, 1.807) is 0 Å². The van der Waals surface area contributed by atoms with E-state index in [0.717, 1.165) is 38.9 Å². The first kappa shape index (κ1) is 13.2. The Kier molecular flexibility index (Phi) is 6.85. The molecule has 0 aromatic carbocycles. The number of rotatable bonds is 9. The number of aliphatic hydroxyl groups is 1. The standard InChI is InChI=1S/C12H23N3O/c1-12(10-16)4-2-5-13-6-3-8-15-9-7-14-11-15/h7,9,11-13,16H,2-6,8,10H2,1H3. The molecule has 1 heterocycles. The number of imidazole rings is 1. The molecule has 1 aromatic heterocycles. The van der Waals surface area contributed by atoms with Gasteiger partial charge in [0.1, 0.15) is 0 Å². The SMILES string of the molecule is CC(CO)CCCNCCCn1ccnc1. The first-order valence-electron chi connectivity index (χ1n) is 6.10. The van der Waals surface area contributed by atoms with Crippen molar-refractivity contribution in [2.75, 3.05) is 19.7 Å². The van der Waals surface area contributed by atoms with Crippen molar-refractivity contribution in [1.29, 1.82) is 0 Å². The smallest absolute Gasteiger partial charge is 0.0945 e. The number of nitrogens with zero attached hydrogens (tertiary/aromatic N) is 2. The van der Waals surface area contributed by atoms with Crippen molar-refractivity contribution in [3.63, 3.8) is 0 Å². The number of nitrogens with one attached hydrogen (secondary N) is 1. The Morgan fingerprint density at radius 2 is 2.19 bits per heavy atom. The molecular formula is C12H23N3O. The van der Waals surface area contributed by atoms with Gasteiger partial charge in [0.25, 0.3) is 0 Å². The molecule has 2 N–H and O–H groups in total. The van der Waals surface area contributed by atoms with E-state index in [0.29, 0.717) is 12.5 Å². The van der Waals surface area contributed by atoms with Crippen LogP contribution in [-0.2, 0) is 6.54 Å². The molecule has 1 aromatic rings. The minimum atomic E-state index is 0.306. The highest BCUT2D eigenvalue weighted by molar-refractivity contribution is 4.73. The molecule has 0 amide bonds. The highest BCUT2D eigenvalue weighted by Crippen LogP contribution is 2.02. The lowest BCUT2D eigenvalue weighted by Gasteiger charge is -2.08. The highest BCUT2D eigenvalue weighted by Gasteiger charge is 1.98. The summed E-state index contributed by atoms with van der Waals surface area (Å²) in [5.41, 5.74) is 0. The zero-order chi connectivity index (χ0) is 11.6. The van der Waals surface area contributed by atoms with Crippen LogP contribution < -0.4 is 5.32 Å². The minimum Gasteiger partial charge on any atom is -0.396 e. The predicted octanol–water partition coefficient (Wildman–Crippen LogP) is 1.27. The van der Waals surface area contributed by atoms with Gasteiger partial charge in [0.15, 0.2) is 0 Å². The van der Waals surface area contributed by atoms with Gasteiger partial charge in [-0.05, 0) is 38.3 Å².